The Morgan fingerprint density at radius 1 is 1.33 bits per heavy atom. The summed E-state index contributed by atoms with van der Waals surface area (Å²) in [5.41, 5.74) is 1.35. The van der Waals surface area contributed by atoms with Gasteiger partial charge in [0.1, 0.15) is 0 Å². The third kappa shape index (κ3) is 3.49. The van der Waals surface area contributed by atoms with E-state index in [4.69, 9.17) is 0 Å². The molecule has 0 saturated heterocycles. The lowest BCUT2D eigenvalue weighted by atomic mass is 10.2. The van der Waals surface area contributed by atoms with Gasteiger partial charge in [0, 0.05) is 18.4 Å². The summed E-state index contributed by atoms with van der Waals surface area (Å²) in [7, 11) is 0. The predicted octanol–water partition coefficient (Wildman–Crippen LogP) is 1.62. The van der Waals surface area contributed by atoms with Crippen molar-refractivity contribution in [1.82, 2.24) is 10.3 Å². The van der Waals surface area contributed by atoms with Crippen LogP contribution < -0.4 is 5.32 Å². The molecule has 0 fully saturated rings. The topological polar surface area (TPSA) is 24.9 Å². The molecule has 1 N–H and O–H groups in total. The molecule has 1 heterocycles. The maximum absolute atomic E-state index is 3.97. The van der Waals surface area contributed by atoms with Gasteiger partial charge in [0.2, 0.25) is 0 Å². The van der Waals surface area contributed by atoms with Crippen LogP contribution >= 0.6 is 0 Å². The van der Waals surface area contributed by atoms with Crippen LogP contribution in [-0.4, -0.2) is 17.6 Å². The normalized spacial score (nSPS) is 10.6. The van der Waals surface area contributed by atoms with Crippen molar-refractivity contribution < 1.29 is 0 Å². The summed E-state index contributed by atoms with van der Waals surface area (Å²) in [4.78, 5) is 3.97. The molecule has 0 unspecified atom stereocenters. The molecule has 0 radical (unpaired) electrons. The summed E-state index contributed by atoms with van der Waals surface area (Å²) in [5.74, 6) is 0. The van der Waals surface area contributed by atoms with Crippen LogP contribution in [0.3, 0.4) is 0 Å². The first kappa shape index (κ1) is 9.20. The standard InChI is InChI=1S/C10H16N2/c1-9(2)12-8-5-10-3-6-11-7-4-10/h3-4,6-7,9,12H,5,8H2,1-2H3. The third-order valence-corrected chi connectivity index (χ3v) is 1.72. The van der Waals surface area contributed by atoms with E-state index in [1.807, 2.05) is 12.4 Å². The Kier molecular flexibility index (Phi) is 3.74. The summed E-state index contributed by atoms with van der Waals surface area (Å²) in [5, 5.41) is 3.37. The second-order valence-corrected chi connectivity index (χ2v) is 3.21. The number of rotatable bonds is 4. The molecule has 2 nitrogen and oxygen atoms in total. The van der Waals surface area contributed by atoms with Gasteiger partial charge in [0.05, 0.1) is 0 Å². The highest BCUT2D eigenvalue weighted by molar-refractivity contribution is 5.09. The van der Waals surface area contributed by atoms with E-state index in [1.165, 1.54) is 5.56 Å². The van der Waals surface area contributed by atoms with Gasteiger partial charge < -0.3 is 5.32 Å². The van der Waals surface area contributed by atoms with Crippen LogP contribution in [0.4, 0.5) is 0 Å². The quantitative estimate of drug-likeness (QED) is 0.731. The van der Waals surface area contributed by atoms with Crippen molar-refractivity contribution >= 4 is 0 Å². The van der Waals surface area contributed by atoms with Crippen molar-refractivity contribution in [2.45, 2.75) is 26.3 Å². The molecule has 1 aromatic heterocycles. The highest BCUT2D eigenvalue weighted by atomic mass is 14.9. The Balaban J connectivity index is 2.25. The highest BCUT2D eigenvalue weighted by Gasteiger charge is 1.93. The Bertz CT molecular complexity index is 206. The van der Waals surface area contributed by atoms with Crippen molar-refractivity contribution in [2.75, 3.05) is 6.54 Å². The summed E-state index contributed by atoms with van der Waals surface area (Å²) in [6.45, 7) is 5.36. The fraction of sp³-hybridized carbons (Fsp3) is 0.500. The molecule has 0 saturated carbocycles. The molecule has 2 heteroatoms. The molecule has 12 heavy (non-hydrogen) atoms. The number of pyridine rings is 1. The van der Waals surface area contributed by atoms with Crippen molar-refractivity contribution in [3.8, 4) is 0 Å². The van der Waals surface area contributed by atoms with Crippen LogP contribution in [0.2, 0.25) is 0 Å². The van der Waals surface area contributed by atoms with E-state index in [1.54, 1.807) is 0 Å². The molecule has 0 aromatic carbocycles. The minimum Gasteiger partial charge on any atom is -0.314 e. The van der Waals surface area contributed by atoms with E-state index < -0.39 is 0 Å². The van der Waals surface area contributed by atoms with Crippen LogP contribution in [0.25, 0.3) is 0 Å². The molecule has 0 aliphatic carbocycles. The molecule has 1 aromatic rings. The monoisotopic (exact) mass is 164 g/mol. The van der Waals surface area contributed by atoms with Crippen molar-refractivity contribution in [2.24, 2.45) is 0 Å². The molecular weight excluding hydrogens is 148 g/mol. The van der Waals surface area contributed by atoms with Gasteiger partial charge in [-0.3, -0.25) is 4.98 Å². The maximum atomic E-state index is 3.97. The average Bonchev–Trinajstić information content (AvgIpc) is 2.05. The first-order valence-electron chi connectivity index (χ1n) is 4.41. The molecule has 1 rings (SSSR count). The van der Waals surface area contributed by atoms with E-state index in [-0.39, 0.29) is 0 Å². The number of nitrogens with zero attached hydrogens (tertiary/aromatic N) is 1. The van der Waals surface area contributed by atoms with Gasteiger partial charge >= 0.3 is 0 Å². The Morgan fingerprint density at radius 2 is 2.00 bits per heavy atom. The summed E-state index contributed by atoms with van der Waals surface area (Å²) in [6.07, 6.45) is 4.76. The van der Waals surface area contributed by atoms with E-state index in [2.05, 4.69) is 36.3 Å². The van der Waals surface area contributed by atoms with Crippen LogP contribution in [0.1, 0.15) is 19.4 Å². The highest BCUT2D eigenvalue weighted by Crippen LogP contribution is 1.95. The largest absolute Gasteiger partial charge is 0.314 e. The molecule has 0 aliphatic heterocycles. The molecule has 66 valence electrons. The zero-order valence-corrected chi connectivity index (χ0v) is 7.75. The van der Waals surface area contributed by atoms with Gasteiger partial charge in [-0.2, -0.15) is 0 Å². The average molecular weight is 164 g/mol. The zero-order valence-electron chi connectivity index (χ0n) is 7.75. The van der Waals surface area contributed by atoms with Crippen LogP contribution in [0.5, 0.6) is 0 Å². The Hall–Kier alpha value is -0.890. The van der Waals surface area contributed by atoms with Gasteiger partial charge in [-0.15, -0.1) is 0 Å². The zero-order chi connectivity index (χ0) is 8.81. The van der Waals surface area contributed by atoms with Gasteiger partial charge in [0.25, 0.3) is 0 Å². The van der Waals surface area contributed by atoms with E-state index in [0.717, 1.165) is 13.0 Å². The lowest BCUT2D eigenvalue weighted by molar-refractivity contribution is 0.590. The Morgan fingerprint density at radius 3 is 2.58 bits per heavy atom. The van der Waals surface area contributed by atoms with Gasteiger partial charge in [-0.25, -0.2) is 0 Å². The minimum absolute atomic E-state index is 0.576. The fourth-order valence-corrected chi connectivity index (χ4v) is 1.05. The molecule has 0 bridgehead atoms. The summed E-state index contributed by atoms with van der Waals surface area (Å²) < 4.78 is 0. The summed E-state index contributed by atoms with van der Waals surface area (Å²) >= 11 is 0. The van der Waals surface area contributed by atoms with Gasteiger partial charge in [-0.05, 0) is 30.7 Å². The van der Waals surface area contributed by atoms with Gasteiger partial charge in [-0.1, -0.05) is 13.8 Å². The van der Waals surface area contributed by atoms with Crippen LogP contribution in [-0.2, 0) is 6.42 Å². The minimum atomic E-state index is 0.576. The Labute approximate surface area is 74.0 Å². The molecule has 0 aliphatic rings. The molecule has 0 spiro atoms. The fourth-order valence-electron chi connectivity index (χ4n) is 1.05. The van der Waals surface area contributed by atoms with Crippen molar-refractivity contribution in [3.63, 3.8) is 0 Å². The van der Waals surface area contributed by atoms with Crippen LogP contribution in [0.15, 0.2) is 24.5 Å². The lowest BCUT2D eigenvalue weighted by Gasteiger charge is -2.06. The first-order valence-corrected chi connectivity index (χ1v) is 4.41. The molecule has 0 atom stereocenters. The van der Waals surface area contributed by atoms with E-state index in [0.29, 0.717) is 6.04 Å². The van der Waals surface area contributed by atoms with Crippen molar-refractivity contribution in [1.29, 1.82) is 0 Å². The third-order valence-electron chi connectivity index (χ3n) is 1.72. The van der Waals surface area contributed by atoms with E-state index >= 15 is 0 Å². The number of hydrogen-bond donors (Lipinski definition) is 1. The maximum Gasteiger partial charge on any atom is 0.0270 e. The number of aromatic nitrogens is 1. The first-order chi connectivity index (χ1) is 5.79. The smallest absolute Gasteiger partial charge is 0.0270 e. The molecular formula is C10H16N2. The van der Waals surface area contributed by atoms with Gasteiger partial charge in [0.15, 0.2) is 0 Å². The second-order valence-electron chi connectivity index (χ2n) is 3.21. The number of hydrogen-bond acceptors (Lipinski definition) is 2. The number of nitrogens with one attached hydrogen (secondary N) is 1. The predicted molar refractivity (Wildman–Crippen MR) is 51.1 cm³/mol. The summed E-state index contributed by atoms with van der Waals surface area (Å²) in [6, 6.07) is 4.69. The molecule has 0 amide bonds. The van der Waals surface area contributed by atoms with Crippen LogP contribution in [0, 0.1) is 0 Å². The SMILES string of the molecule is CC(C)NCCc1ccncc1. The van der Waals surface area contributed by atoms with Crippen molar-refractivity contribution in [3.05, 3.63) is 30.1 Å². The lowest BCUT2D eigenvalue weighted by Crippen LogP contribution is -2.24. The second kappa shape index (κ2) is 4.88. The van der Waals surface area contributed by atoms with E-state index in [9.17, 15) is 0 Å².